The Kier molecular flexibility index (Phi) is 2.87. The van der Waals surface area contributed by atoms with Crippen LogP contribution in [0.1, 0.15) is 5.56 Å². The van der Waals surface area contributed by atoms with Crippen molar-refractivity contribution in [3.8, 4) is 0 Å². The molecule has 7 nitrogen and oxygen atoms in total. The van der Waals surface area contributed by atoms with E-state index in [1.165, 1.54) is 31.2 Å². The van der Waals surface area contributed by atoms with Crippen LogP contribution in [0.2, 0.25) is 0 Å². The number of nitrogen functional groups attached to an aromatic ring is 1. The second-order valence-electron chi connectivity index (χ2n) is 3.67. The molecule has 0 unspecified atom stereocenters. The highest BCUT2D eigenvalue weighted by atomic mass is 32.2. The van der Waals surface area contributed by atoms with E-state index in [1.807, 2.05) is 0 Å². The average molecular weight is 269 g/mol. The summed E-state index contributed by atoms with van der Waals surface area (Å²) in [4.78, 5) is 11.1. The van der Waals surface area contributed by atoms with E-state index in [2.05, 4.69) is 14.4 Å². The van der Waals surface area contributed by atoms with E-state index in [9.17, 15) is 13.2 Å². The van der Waals surface area contributed by atoms with Gasteiger partial charge in [-0.25, -0.2) is 18.4 Å². The van der Waals surface area contributed by atoms with Gasteiger partial charge in [0.25, 0.3) is 10.0 Å². The van der Waals surface area contributed by atoms with Gasteiger partial charge in [-0.15, -0.1) is 0 Å². The third-order valence-corrected chi connectivity index (χ3v) is 3.72. The quantitative estimate of drug-likeness (QED) is 0.707. The standard InChI is InChI=1S/C10H11N3O4S/c1-6-9(12-17-10(6)14)13-18(15,16)8-4-2-7(11)3-5-8/h2-5,12-13H,11H2,1H3. The molecule has 0 aliphatic heterocycles. The lowest BCUT2D eigenvalue weighted by Gasteiger charge is -2.06. The van der Waals surface area contributed by atoms with Crippen LogP contribution in [0.4, 0.5) is 11.5 Å². The summed E-state index contributed by atoms with van der Waals surface area (Å²) in [5, 5.41) is 2.21. The zero-order valence-corrected chi connectivity index (χ0v) is 10.2. The first kappa shape index (κ1) is 12.2. The highest BCUT2D eigenvalue weighted by molar-refractivity contribution is 7.92. The molecule has 0 amide bonds. The number of nitrogens with two attached hydrogens (primary N) is 1. The highest BCUT2D eigenvalue weighted by Crippen LogP contribution is 2.16. The molecule has 0 fully saturated rings. The summed E-state index contributed by atoms with van der Waals surface area (Å²) >= 11 is 0. The first-order chi connectivity index (χ1) is 8.40. The van der Waals surface area contributed by atoms with E-state index in [4.69, 9.17) is 5.73 Å². The number of anilines is 2. The SMILES string of the molecule is Cc1c(NS(=O)(=O)c2ccc(N)cc2)[nH]oc1=O. The predicted molar refractivity (Wildman–Crippen MR) is 65.7 cm³/mol. The largest absolute Gasteiger partial charge is 0.399 e. The molecule has 1 aromatic carbocycles. The number of H-pyrrole nitrogens is 1. The molecular formula is C10H11N3O4S. The third kappa shape index (κ3) is 2.23. The van der Waals surface area contributed by atoms with Crippen molar-refractivity contribution < 1.29 is 12.9 Å². The molecule has 0 saturated heterocycles. The second-order valence-corrected chi connectivity index (χ2v) is 5.35. The molecule has 1 heterocycles. The van der Waals surface area contributed by atoms with E-state index < -0.39 is 15.6 Å². The van der Waals surface area contributed by atoms with Crippen molar-refractivity contribution in [2.24, 2.45) is 0 Å². The number of rotatable bonds is 3. The first-order valence-electron chi connectivity index (χ1n) is 4.96. The van der Waals surface area contributed by atoms with Gasteiger partial charge in [0.05, 0.1) is 10.5 Å². The topological polar surface area (TPSA) is 118 Å². The molecule has 0 saturated carbocycles. The first-order valence-corrected chi connectivity index (χ1v) is 6.45. The summed E-state index contributed by atoms with van der Waals surface area (Å²) < 4.78 is 30.6. The van der Waals surface area contributed by atoms with Crippen LogP contribution in [0.15, 0.2) is 38.5 Å². The van der Waals surface area contributed by atoms with Gasteiger partial charge >= 0.3 is 5.63 Å². The van der Waals surface area contributed by atoms with Crippen LogP contribution in [-0.4, -0.2) is 13.6 Å². The Balaban J connectivity index is 2.36. The minimum atomic E-state index is -3.77. The van der Waals surface area contributed by atoms with Crippen molar-refractivity contribution in [1.82, 2.24) is 5.16 Å². The molecule has 0 aliphatic carbocycles. The van der Waals surface area contributed by atoms with Crippen molar-refractivity contribution in [3.63, 3.8) is 0 Å². The maximum atomic E-state index is 12.0. The van der Waals surface area contributed by atoms with Gasteiger partial charge in [-0.1, -0.05) is 0 Å². The molecule has 0 spiro atoms. The Labute approximate surface area is 103 Å². The van der Waals surface area contributed by atoms with Crippen molar-refractivity contribution in [1.29, 1.82) is 0 Å². The summed E-state index contributed by atoms with van der Waals surface area (Å²) in [6.45, 7) is 1.45. The van der Waals surface area contributed by atoms with Gasteiger partial charge in [0.15, 0.2) is 5.82 Å². The number of sulfonamides is 1. The average Bonchev–Trinajstić information content (AvgIpc) is 2.61. The van der Waals surface area contributed by atoms with Gasteiger partial charge in [0, 0.05) is 5.69 Å². The molecule has 4 N–H and O–H groups in total. The molecule has 0 bridgehead atoms. The molecule has 0 radical (unpaired) electrons. The van der Waals surface area contributed by atoms with E-state index in [0.717, 1.165) is 0 Å². The second kappa shape index (κ2) is 4.22. The van der Waals surface area contributed by atoms with Gasteiger partial charge in [-0.2, -0.15) is 0 Å². The highest BCUT2D eigenvalue weighted by Gasteiger charge is 2.17. The van der Waals surface area contributed by atoms with Crippen molar-refractivity contribution >= 4 is 21.5 Å². The number of hydrogen-bond donors (Lipinski definition) is 3. The Morgan fingerprint density at radius 2 is 1.89 bits per heavy atom. The van der Waals surface area contributed by atoms with E-state index >= 15 is 0 Å². The lowest BCUT2D eigenvalue weighted by atomic mass is 10.3. The fourth-order valence-corrected chi connectivity index (χ4v) is 2.37. The summed E-state index contributed by atoms with van der Waals surface area (Å²) in [6.07, 6.45) is 0. The number of hydrogen-bond acceptors (Lipinski definition) is 5. The fraction of sp³-hybridized carbons (Fsp3) is 0.100. The third-order valence-electron chi connectivity index (χ3n) is 2.35. The van der Waals surface area contributed by atoms with Crippen molar-refractivity contribution in [3.05, 3.63) is 40.2 Å². The molecule has 8 heteroatoms. The molecule has 2 aromatic rings. The van der Waals surface area contributed by atoms with Gasteiger partial charge in [-0.3, -0.25) is 4.72 Å². The fourth-order valence-electron chi connectivity index (χ4n) is 1.29. The number of benzene rings is 1. The molecular weight excluding hydrogens is 258 g/mol. The van der Waals surface area contributed by atoms with Crippen LogP contribution in [-0.2, 0) is 10.0 Å². The molecule has 2 rings (SSSR count). The van der Waals surface area contributed by atoms with E-state index in [-0.39, 0.29) is 16.3 Å². The number of aromatic nitrogens is 1. The van der Waals surface area contributed by atoms with Gasteiger partial charge in [-0.05, 0) is 31.2 Å². The lowest BCUT2D eigenvalue weighted by Crippen LogP contribution is -2.14. The summed E-state index contributed by atoms with van der Waals surface area (Å²) in [6, 6.07) is 5.68. The number of aromatic amines is 1. The maximum absolute atomic E-state index is 12.0. The van der Waals surface area contributed by atoms with Gasteiger partial charge in [0.2, 0.25) is 0 Å². The molecule has 0 atom stereocenters. The van der Waals surface area contributed by atoms with Gasteiger partial charge < -0.3 is 10.3 Å². The summed E-state index contributed by atoms with van der Waals surface area (Å²) in [7, 11) is -3.77. The van der Waals surface area contributed by atoms with Crippen molar-refractivity contribution in [2.75, 3.05) is 10.5 Å². The van der Waals surface area contributed by atoms with E-state index in [0.29, 0.717) is 5.69 Å². The molecule has 0 aliphatic rings. The Hall–Kier alpha value is -2.22. The number of nitrogens with one attached hydrogen (secondary N) is 2. The normalized spacial score (nSPS) is 11.4. The van der Waals surface area contributed by atoms with Crippen LogP contribution in [0.5, 0.6) is 0 Å². The predicted octanol–water partition coefficient (Wildman–Crippen LogP) is 0.659. The van der Waals surface area contributed by atoms with E-state index in [1.54, 1.807) is 0 Å². The monoisotopic (exact) mass is 269 g/mol. The van der Waals surface area contributed by atoms with Crippen LogP contribution in [0.3, 0.4) is 0 Å². The van der Waals surface area contributed by atoms with Crippen LogP contribution in [0.25, 0.3) is 0 Å². The molecule has 96 valence electrons. The maximum Gasteiger partial charge on any atom is 0.362 e. The molecule has 1 aromatic heterocycles. The zero-order chi connectivity index (χ0) is 13.3. The zero-order valence-electron chi connectivity index (χ0n) is 9.43. The van der Waals surface area contributed by atoms with Crippen LogP contribution < -0.4 is 16.1 Å². The summed E-state index contributed by atoms with van der Waals surface area (Å²) in [5.74, 6) is 0.0109. The Morgan fingerprint density at radius 1 is 1.28 bits per heavy atom. The van der Waals surface area contributed by atoms with Crippen LogP contribution in [0, 0.1) is 6.92 Å². The Morgan fingerprint density at radius 3 is 2.39 bits per heavy atom. The van der Waals surface area contributed by atoms with Crippen LogP contribution >= 0.6 is 0 Å². The Bertz CT molecular complexity index is 712. The minimum Gasteiger partial charge on any atom is -0.399 e. The molecule has 18 heavy (non-hydrogen) atoms. The smallest absolute Gasteiger partial charge is 0.362 e. The lowest BCUT2D eigenvalue weighted by molar-refractivity contribution is 0.393. The summed E-state index contributed by atoms with van der Waals surface area (Å²) in [5.41, 5.74) is 5.47. The van der Waals surface area contributed by atoms with Crippen molar-refractivity contribution in [2.45, 2.75) is 11.8 Å². The minimum absolute atomic E-state index is 0.0109. The van der Waals surface area contributed by atoms with Gasteiger partial charge in [0.1, 0.15) is 0 Å².